The van der Waals surface area contributed by atoms with E-state index in [1.807, 2.05) is 0 Å². The fourth-order valence-electron chi connectivity index (χ4n) is 1.18. The molecule has 0 spiro atoms. The van der Waals surface area contributed by atoms with Crippen LogP contribution in [0.25, 0.3) is 0 Å². The first-order valence-corrected chi connectivity index (χ1v) is 5.50. The molecule has 0 aliphatic carbocycles. The van der Waals surface area contributed by atoms with Crippen LogP contribution in [0.1, 0.15) is 22.3 Å². The summed E-state index contributed by atoms with van der Waals surface area (Å²) < 4.78 is 0. The first-order chi connectivity index (χ1) is 7.60. The van der Waals surface area contributed by atoms with Crippen molar-refractivity contribution in [2.45, 2.75) is 6.42 Å². The first-order valence-electron chi connectivity index (χ1n) is 4.38. The number of nitro groups is 1. The third-order valence-electron chi connectivity index (χ3n) is 1.96. The Labute approximate surface area is 100.0 Å². The molecule has 1 rings (SSSR count). The van der Waals surface area contributed by atoms with E-state index in [2.05, 4.69) is 15.9 Å². The van der Waals surface area contributed by atoms with E-state index in [9.17, 15) is 14.9 Å². The Hall–Kier alpha value is -1.74. The van der Waals surface area contributed by atoms with Crippen molar-refractivity contribution in [1.82, 2.24) is 0 Å². The summed E-state index contributed by atoms with van der Waals surface area (Å²) in [5, 5.41) is 19.8. The molecule has 0 unspecified atom stereocenters. The second-order valence-corrected chi connectivity index (χ2v) is 3.76. The zero-order valence-electron chi connectivity index (χ0n) is 8.14. The number of nitriles is 1. The van der Waals surface area contributed by atoms with Gasteiger partial charge in [0.15, 0.2) is 5.78 Å². The Morgan fingerprint density at radius 2 is 2.25 bits per heavy atom. The summed E-state index contributed by atoms with van der Waals surface area (Å²) in [4.78, 5) is 21.5. The van der Waals surface area contributed by atoms with Crippen LogP contribution < -0.4 is 0 Å². The highest BCUT2D eigenvalue weighted by Gasteiger charge is 2.16. The van der Waals surface area contributed by atoms with Gasteiger partial charge in [0.25, 0.3) is 5.69 Å². The number of hydrogen-bond acceptors (Lipinski definition) is 4. The molecule has 5 nitrogen and oxygen atoms in total. The average molecular weight is 283 g/mol. The quantitative estimate of drug-likeness (QED) is 0.367. The van der Waals surface area contributed by atoms with E-state index < -0.39 is 4.92 Å². The molecular weight excluding hydrogens is 276 g/mol. The summed E-state index contributed by atoms with van der Waals surface area (Å²) >= 11 is 3.12. The maximum atomic E-state index is 11.5. The SMILES string of the molecule is N#Cc1ccc(C(=O)CCBr)cc1[N+](=O)[O-]. The van der Waals surface area contributed by atoms with Crippen LogP contribution in [0.4, 0.5) is 5.69 Å². The van der Waals surface area contributed by atoms with E-state index in [1.54, 1.807) is 6.07 Å². The second kappa shape index (κ2) is 5.37. The highest BCUT2D eigenvalue weighted by Crippen LogP contribution is 2.20. The van der Waals surface area contributed by atoms with Gasteiger partial charge in [-0.3, -0.25) is 14.9 Å². The van der Waals surface area contributed by atoms with Crippen LogP contribution in [0.2, 0.25) is 0 Å². The van der Waals surface area contributed by atoms with E-state index in [0.29, 0.717) is 5.33 Å². The summed E-state index contributed by atoms with van der Waals surface area (Å²) in [5.41, 5.74) is -0.117. The fourth-order valence-corrected chi connectivity index (χ4v) is 1.54. The molecule has 82 valence electrons. The van der Waals surface area contributed by atoms with Crippen molar-refractivity contribution in [3.05, 3.63) is 39.4 Å². The van der Waals surface area contributed by atoms with Crippen LogP contribution >= 0.6 is 15.9 Å². The molecule has 0 radical (unpaired) electrons. The number of Topliss-reactive ketones (excluding diaryl/α,β-unsaturated/α-hetero) is 1. The second-order valence-electron chi connectivity index (χ2n) is 2.96. The van der Waals surface area contributed by atoms with Gasteiger partial charge < -0.3 is 0 Å². The largest absolute Gasteiger partial charge is 0.294 e. The highest BCUT2D eigenvalue weighted by molar-refractivity contribution is 9.09. The van der Waals surface area contributed by atoms with Crippen LogP contribution in [-0.2, 0) is 0 Å². The lowest BCUT2D eigenvalue weighted by Crippen LogP contribution is -2.02. The number of nitro benzene ring substituents is 1. The lowest BCUT2D eigenvalue weighted by molar-refractivity contribution is -0.385. The van der Waals surface area contributed by atoms with Crippen molar-refractivity contribution in [3.63, 3.8) is 0 Å². The van der Waals surface area contributed by atoms with Gasteiger partial charge in [-0.1, -0.05) is 15.9 Å². The zero-order valence-corrected chi connectivity index (χ0v) is 9.73. The van der Waals surface area contributed by atoms with Gasteiger partial charge in [0.1, 0.15) is 11.6 Å². The predicted octanol–water partition coefficient (Wildman–Crippen LogP) is 2.43. The minimum absolute atomic E-state index is 0.0413. The number of carbonyl (C=O) groups is 1. The molecule has 0 N–H and O–H groups in total. The van der Waals surface area contributed by atoms with Crippen LogP contribution in [0.15, 0.2) is 18.2 Å². The lowest BCUT2D eigenvalue weighted by atomic mass is 10.1. The Bertz CT molecular complexity index is 479. The molecule has 0 amide bonds. The van der Waals surface area contributed by atoms with E-state index >= 15 is 0 Å². The number of halogens is 1. The van der Waals surface area contributed by atoms with Crippen molar-refractivity contribution < 1.29 is 9.72 Å². The molecule has 0 atom stereocenters. The van der Waals surface area contributed by atoms with Crippen molar-refractivity contribution in [1.29, 1.82) is 5.26 Å². The summed E-state index contributed by atoms with van der Waals surface area (Å²) in [6, 6.07) is 5.57. The molecule has 0 aromatic heterocycles. The molecule has 1 aromatic rings. The van der Waals surface area contributed by atoms with Crippen molar-refractivity contribution in [2.24, 2.45) is 0 Å². The van der Waals surface area contributed by atoms with Gasteiger partial charge in [-0.05, 0) is 12.1 Å². The molecule has 0 aliphatic heterocycles. The van der Waals surface area contributed by atoms with Crippen molar-refractivity contribution >= 4 is 27.4 Å². The first kappa shape index (κ1) is 12.3. The number of benzene rings is 1. The molecule has 6 heteroatoms. The molecule has 1 aromatic carbocycles. The molecule has 0 fully saturated rings. The normalized spacial score (nSPS) is 9.50. The minimum atomic E-state index is -0.663. The fraction of sp³-hybridized carbons (Fsp3) is 0.200. The predicted molar refractivity (Wildman–Crippen MR) is 60.6 cm³/mol. The van der Waals surface area contributed by atoms with Gasteiger partial charge in [0.05, 0.1) is 4.92 Å². The number of alkyl halides is 1. The van der Waals surface area contributed by atoms with Crippen LogP contribution in [-0.4, -0.2) is 16.0 Å². The topological polar surface area (TPSA) is 84.0 Å². The lowest BCUT2D eigenvalue weighted by Gasteiger charge is -1.99. The molecule has 16 heavy (non-hydrogen) atoms. The summed E-state index contributed by atoms with van der Waals surface area (Å²) in [6.45, 7) is 0. The van der Waals surface area contributed by atoms with Gasteiger partial charge in [0, 0.05) is 23.4 Å². The average Bonchev–Trinajstić information content (AvgIpc) is 2.28. The van der Waals surface area contributed by atoms with Crippen molar-refractivity contribution in [2.75, 3.05) is 5.33 Å². The van der Waals surface area contributed by atoms with Gasteiger partial charge in [-0.15, -0.1) is 0 Å². The van der Waals surface area contributed by atoms with Crippen molar-refractivity contribution in [3.8, 4) is 6.07 Å². The van der Waals surface area contributed by atoms with E-state index in [1.165, 1.54) is 12.1 Å². The Balaban J connectivity index is 3.18. The van der Waals surface area contributed by atoms with Gasteiger partial charge >= 0.3 is 0 Å². The van der Waals surface area contributed by atoms with Gasteiger partial charge in [0.2, 0.25) is 0 Å². The van der Waals surface area contributed by atoms with Crippen LogP contribution in [0.5, 0.6) is 0 Å². The van der Waals surface area contributed by atoms with Crippen LogP contribution in [0, 0.1) is 21.4 Å². The maximum absolute atomic E-state index is 11.5. The summed E-state index contributed by atoms with van der Waals surface area (Å²) in [6.07, 6.45) is 0.267. The van der Waals surface area contributed by atoms with Crippen LogP contribution in [0.3, 0.4) is 0 Å². The number of nitrogens with zero attached hydrogens (tertiary/aromatic N) is 2. The van der Waals surface area contributed by atoms with Gasteiger partial charge in [-0.25, -0.2) is 0 Å². The smallest absolute Gasteiger partial charge is 0.287 e. The molecule has 0 saturated carbocycles. The minimum Gasteiger partial charge on any atom is -0.294 e. The van der Waals surface area contributed by atoms with Gasteiger partial charge in [-0.2, -0.15) is 5.26 Å². The Morgan fingerprint density at radius 1 is 1.56 bits per heavy atom. The summed E-state index contributed by atoms with van der Waals surface area (Å²) in [7, 11) is 0. The molecule has 0 heterocycles. The number of rotatable bonds is 4. The van der Waals surface area contributed by atoms with E-state index in [0.717, 1.165) is 6.07 Å². The van der Waals surface area contributed by atoms with E-state index in [4.69, 9.17) is 5.26 Å². The number of hydrogen-bond donors (Lipinski definition) is 0. The standard InChI is InChI=1S/C10H7BrN2O3/c11-4-3-10(14)7-1-2-8(6-12)9(5-7)13(15)16/h1-2,5H,3-4H2. The molecule has 0 bridgehead atoms. The Kier molecular flexibility index (Phi) is 4.14. The zero-order chi connectivity index (χ0) is 12.1. The molecular formula is C10H7BrN2O3. The number of carbonyl (C=O) groups excluding carboxylic acids is 1. The molecule has 0 aliphatic rings. The highest BCUT2D eigenvalue weighted by atomic mass is 79.9. The third-order valence-corrected chi connectivity index (χ3v) is 2.35. The maximum Gasteiger partial charge on any atom is 0.287 e. The summed E-state index contributed by atoms with van der Waals surface area (Å²) in [5.74, 6) is -0.190. The molecule has 0 saturated heterocycles. The monoisotopic (exact) mass is 282 g/mol. The number of ketones is 1. The third kappa shape index (κ3) is 2.64. The Morgan fingerprint density at radius 3 is 2.75 bits per heavy atom. The van der Waals surface area contributed by atoms with E-state index in [-0.39, 0.29) is 29.0 Å².